The van der Waals surface area contributed by atoms with Gasteiger partial charge < -0.3 is 4.74 Å². The van der Waals surface area contributed by atoms with Crippen molar-refractivity contribution in [2.24, 2.45) is 5.41 Å². The van der Waals surface area contributed by atoms with E-state index in [9.17, 15) is 9.59 Å². The highest BCUT2D eigenvalue weighted by atomic mass is 33.1. The topological polar surface area (TPSA) is 43.4 Å². The van der Waals surface area contributed by atoms with Crippen molar-refractivity contribution in [3.05, 3.63) is 59.3 Å². The first-order valence-electron chi connectivity index (χ1n) is 11.7. The summed E-state index contributed by atoms with van der Waals surface area (Å²) in [6.07, 6.45) is 21.4. The number of carbonyl (C=O) groups is 2. The number of allylic oxidation sites excluding steroid dienone is 9. The van der Waals surface area contributed by atoms with Gasteiger partial charge in [0.2, 0.25) is 0 Å². The number of unbranched alkanes of at least 4 members (excludes halogenated alkanes) is 1. The van der Waals surface area contributed by atoms with E-state index in [1.165, 1.54) is 24.2 Å². The predicted molar refractivity (Wildman–Crippen MR) is 140 cm³/mol. The lowest BCUT2D eigenvalue weighted by Gasteiger charge is -2.33. The molecule has 0 aromatic rings. The van der Waals surface area contributed by atoms with Gasteiger partial charge in [0.25, 0.3) is 0 Å². The largest absolute Gasteiger partial charge is 0.458 e. The van der Waals surface area contributed by atoms with E-state index in [1.807, 2.05) is 46.7 Å². The minimum Gasteiger partial charge on any atom is -0.458 e. The third-order valence-electron chi connectivity index (χ3n) is 5.94. The number of aldehydes is 1. The smallest absolute Gasteiger partial charge is 0.306 e. The Kier molecular flexibility index (Phi) is 11.7. The number of esters is 1. The zero-order valence-corrected chi connectivity index (χ0v) is 21.6. The summed E-state index contributed by atoms with van der Waals surface area (Å²) in [6.45, 7) is 8.44. The number of hydrogen-bond donors (Lipinski definition) is 0. The van der Waals surface area contributed by atoms with Crippen molar-refractivity contribution in [3.8, 4) is 0 Å². The fourth-order valence-corrected chi connectivity index (χ4v) is 6.78. The average Bonchev–Trinajstić information content (AvgIpc) is 3.25. The Bertz CT molecular complexity index is 781. The number of carbonyl (C=O) groups excluding carboxylic acids is 2. The molecular formula is C27H38O3S2. The number of rotatable bonds is 11. The standard InChI is InChI=1S/C27H38O3S2/c1-21(8-7-9-22(2)15-18-28)12-13-23-20-24(14-17-27(23,3)4)30-26(29)11-6-5-10-25-16-19-31-32-25/h7-9,12-13,15,18,20,24-25H,5-6,10-11,14,16-17,19H2,1-4H3/b9-7+,13-12+,21-8+,22-15+. The van der Waals surface area contributed by atoms with Crippen molar-refractivity contribution in [1.82, 2.24) is 0 Å². The molecule has 2 atom stereocenters. The van der Waals surface area contributed by atoms with Gasteiger partial charge in [-0.2, -0.15) is 0 Å². The monoisotopic (exact) mass is 474 g/mol. The van der Waals surface area contributed by atoms with Gasteiger partial charge in [-0.15, -0.1) is 0 Å². The highest BCUT2D eigenvalue weighted by Gasteiger charge is 2.29. The molecule has 2 rings (SSSR count). The lowest BCUT2D eigenvalue weighted by Crippen LogP contribution is -2.27. The molecular weight excluding hydrogens is 436 g/mol. The SMILES string of the molecule is CC(/C=C/C=C(C)/C=C/C1=CC(OC(=O)CCCCC2CCSS2)CCC1(C)C)=C\C=O. The molecule has 176 valence electrons. The second-order valence-corrected chi connectivity index (χ2v) is 12.1. The van der Waals surface area contributed by atoms with Gasteiger partial charge >= 0.3 is 5.97 Å². The van der Waals surface area contributed by atoms with Crippen molar-refractivity contribution in [3.63, 3.8) is 0 Å². The van der Waals surface area contributed by atoms with Gasteiger partial charge in [0, 0.05) is 17.4 Å². The van der Waals surface area contributed by atoms with Gasteiger partial charge in [0.1, 0.15) is 12.4 Å². The summed E-state index contributed by atoms with van der Waals surface area (Å²) in [5.74, 6) is 1.20. The minimum atomic E-state index is -0.128. The number of ether oxygens (including phenoxy) is 1. The van der Waals surface area contributed by atoms with Crippen molar-refractivity contribution >= 4 is 33.8 Å². The second-order valence-electron chi connectivity index (χ2n) is 9.30. The third kappa shape index (κ3) is 9.99. The summed E-state index contributed by atoms with van der Waals surface area (Å²) < 4.78 is 5.79. The molecule has 3 nitrogen and oxygen atoms in total. The molecule has 32 heavy (non-hydrogen) atoms. The Labute approximate surface area is 202 Å². The van der Waals surface area contributed by atoms with Gasteiger partial charge in [-0.3, -0.25) is 9.59 Å². The molecule has 0 saturated carbocycles. The fourth-order valence-electron chi connectivity index (χ4n) is 3.76. The van der Waals surface area contributed by atoms with Crippen molar-refractivity contribution in [1.29, 1.82) is 0 Å². The molecule has 0 aromatic carbocycles. The molecule has 1 saturated heterocycles. The zero-order valence-electron chi connectivity index (χ0n) is 20.0. The van der Waals surface area contributed by atoms with Crippen LogP contribution < -0.4 is 0 Å². The molecule has 0 N–H and O–H groups in total. The molecule has 1 heterocycles. The van der Waals surface area contributed by atoms with Crippen LogP contribution in [0.5, 0.6) is 0 Å². The third-order valence-corrected chi connectivity index (χ3v) is 8.95. The number of hydrogen-bond acceptors (Lipinski definition) is 5. The molecule has 0 radical (unpaired) electrons. The summed E-state index contributed by atoms with van der Waals surface area (Å²) in [6, 6.07) is 0. The molecule has 1 fully saturated rings. The highest BCUT2D eigenvalue weighted by Crippen LogP contribution is 2.40. The Morgan fingerprint density at radius 2 is 1.94 bits per heavy atom. The summed E-state index contributed by atoms with van der Waals surface area (Å²) in [7, 11) is 3.98. The van der Waals surface area contributed by atoms with E-state index in [0.717, 1.165) is 48.4 Å². The Balaban J connectivity index is 1.86. The lowest BCUT2D eigenvalue weighted by molar-refractivity contribution is -0.147. The molecule has 1 aliphatic carbocycles. The Hall–Kier alpha value is -1.46. The molecule has 0 spiro atoms. The van der Waals surface area contributed by atoms with E-state index < -0.39 is 0 Å². The van der Waals surface area contributed by atoms with E-state index >= 15 is 0 Å². The van der Waals surface area contributed by atoms with Crippen LogP contribution in [0.4, 0.5) is 0 Å². The van der Waals surface area contributed by atoms with Crippen LogP contribution in [0.25, 0.3) is 0 Å². The first-order chi connectivity index (χ1) is 15.3. The molecule has 0 aromatic heterocycles. The summed E-state index contributed by atoms with van der Waals surface area (Å²) in [4.78, 5) is 22.8. The van der Waals surface area contributed by atoms with Crippen LogP contribution in [-0.4, -0.2) is 29.4 Å². The molecule has 0 bridgehead atoms. The van der Waals surface area contributed by atoms with Crippen LogP contribution in [0.1, 0.15) is 72.6 Å². The average molecular weight is 475 g/mol. The predicted octanol–water partition coefficient (Wildman–Crippen LogP) is 7.56. The molecule has 0 amide bonds. The van der Waals surface area contributed by atoms with E-state index in [1.54, 1.807) is 6.08 Å². The van der Waals surface area contributed by atoms with Gasteiger partial charge in [0.05, 0.1) is 0 Å². The van der Waals surface area contributed by atoms with Gasteiger partial charge in [-0.1, -0.05) is 77.8 Å². The molecule has 2 aliphatic rings. The maximum Gasteiger partial charge on any atom is 0.306 e. The molecule has 2 unspecified atom stereocenters. The Morgan fingerprint density at radius 1 is 1.16 bits per heavy atom. The minimum absolute atomic E-state index is 0.0653. The van der Waals surface area contributed by atoms with Crippen LogP contribution in [0.2, 0.25) is 0 Å². The highest BCUT2D eigenvalue weighted by molar-refractivity contribution is 8.77. The van der Waals surface area contributed by atoms with Crippen molar-refractivity contribution in [2.75, 3.05) is 5.75 Å². The van der Waals surface area contributed by atoms with Crippen LogP contribution in [0, 0.1) is 5.41 Å². The van der Waals surface area contributed by atoms with E-state index in [-0.39, 0.29) is 17.5 Å². The van der Waals surface area contributed by atoms with Gasteiger partial charge in [-0.05, 0) is 74.7 Å². The first kappa shape index (κ1) is 26.8. The Morgan fingerprint density at radius 3 is 2.66 bits per heavy atom. The maximum absolute atomic E-state index is 12.3. The second kappa shape index (κ2) is 13.9. The summed E-state index contributed by atoms with van der Waals surface area (Å²) in [5, 5.41) is 0.777. The lowest BCUT2D eigenvalue weighted by atomic mass is 9.74. The summed E-state index contributed by atoms with van der Waals surface area (Å²) >= 11 is 0. The summed E-state index contributed by atoms with van der Waals surface area (Å²) in [5.41, 5.74) is 3.32. The van der Waals surface area contributed by atoms with Crippen molar-refractivity contribution in [2.45, 2.75) is 84.0 Å². The van der Waals surface area contributed by atoms with Crippen LogP contribution in [-0.2, 0) is 14.3 Å². The van der Waals surface area contributed by atoms with Crippen LogP contribution in [0.3, 0.4) is 0 Å². The van der Waals surface area contributed by atoms with E-state index in [4.69, 9.17) is 4.74 Å². The maximum atomic E-state index is 12.3. The van der Waals surface area contributed by atoms with E-state index in [0.29, 0.717) is 6.42 Å². The van der Waals surface area contributed by atoms with Gasteiger partial charge in [0.15, 0.2) is 0 Å². The zero-order chi connectivity index (χ0) is 23.4. The van der Waals surface area contributed by atoms with E-state index in [2.05, 4.69) is 39.0 Å². The normalized spacial score (nSPS) is 24.2. The van der Waals surface area contributed by atoms with Crippen molar-refractivity contribution < 1.29 is 14.3 Å². The molecule has 5 heteroatoms. The quantitative estimate of drug-likeness (QED) is 0.0772. The van der Waals surface area contributed by atoms with Crippen LogP contribution >= 0.6 is 21.6 Å². The fraction of sp³-hybridized carbons (Fsp3) is 0.556. The van der Waals surface area contributed by atoms with Crippen LogP contribution in [0.15, 0.2) is 59.3 Å². The first-order valence-corrected chi connectivity index (χ1v) is 14.0. The van der Waals surface area contributed by atoms with Gasteiger partial charge in [-0.25, -0.2) is 0 Å². The molecule has 1 aliphatic heterocycles.